The molecule has 0 radical (unpaired) electrons. The summed E-state index contributed by atoms with van der Waals surface area (Å²) in [7, 11) is 0. The van der Waals surface area contributed by atoms with Gasteiger partial charge in [0.1, 0.15) is 5.75 Å². The molecule has 5 rings (SSSR count). The van der Waals surface area contributed by atoms with E-state index in [9.17, 15) is 5.11 Å². The minimum absolute atomic E-state index is 0.205. The first-order chi connectivity index (χ1) is 18.2. The SMILES string of the molecule is CC(C)(C)c1cc(Oc2ccccc2)nc(C(O)(c2cccc(Br)c2)c2ccccc2-c2ccccc2)c1. The Labute approximate surface area is 232 Å². The van der Waals surface area contributed by atoms with Crippen LogP contribution in [0.15, 0.2) is 126 Å². The van der Waals surface area contributed by atoms with E-state index < -0.39 is 5.60 Å². The molecule has 1 atom stereocenters. The van der Waals surface area contributed by atoms with Gasteiger partial charge in [0, 0.05) is 16.1 Å². The fourth-order valence-corrected chi connectivity index (χ4v) is 5.01. The minimum atomic E-state index is -1.56. The third kappa shape index (κ3) is 5.28. The molecule has 0 spiro atoms. The number of para-hydroxylation sites is 1. The molecule has 0 aliphatic heterocycles. The Morgan fingerprint density at radius 1 is 0.684 bits per heavy atom. The van der Waals surface area contributed by atoms with Crippen LogP contribution in [0, 0.1) is 0 Å². The summed E-state index contributed by atoms with van der Waals surface area (Å²) in [4.78, 5) is 4.94. The normalized spacial score (nSPS) is 13.1. The zero-order valence-corrected chi connectivity index (χ0v) is 23.3. The van der Waals surface area contributed by atoms with Crippen molar-refractivity contribution in [1.29, 1.82) is 0 Å². The number of aliphatic hydroxyl groups is 1. The first kappa shape index (κ1) is 25.9. The molecule has 4 aromatic carbocycles. The summed E-state index contributed by atoms with van der Waals surface area (Å²) < 4.78 is 7.10. The van der Waals surface area contributed by atoms with Crippen LogP contribution in [-0.2, 0) is 11.0 Å². The maximum absolute atomic E-state index is 12.9. The van der Waals surface area contributed by atoms with Gasteiger partial charge in [0.2, 0.25) is 5.88 Å². The Bertz CT molecular complexity index is 1540. The van der Waals surface area contributed by atoms with Gasteiger partial charge < -0.3 is 9.84 Å². The molecule has 0 bridgehead atoms. The highest BCUT2D eigenvalue weighted by molar-refractivity contribution is 9.10. The Morgan fingerprint density at radius 3 is 2.03 bits per heavy atom. The number of hydrogen-bond donors (Lipinski definition) is 1. The van der Waals surface area contributed by atoms with E-state index in [1.807, 2.05) is 109 Å². The van der Waals surface area contributed by atoms with Crippen LogP contribution in [0.25, 0.3) is 11.1 Å². The van der Waals surface area contributed by atoms with Crippen LogP contribution in [0.1, 0.15) is 43.2 Å². The van der Waals surface area contributed by atoms with Crippen LogP contribution in [0.2, 0.25) is 0 Å². The smallest absolute Gasteiger partial charge is 0.219 e. The van der Waals surface area contributed by atoms with Gasteiger partial charge in [-0.15, -0.1) is 0 Å². The van der Waals surface area contributed by atoms with Crippen molar-refractivity contribution < 1.29 is 9.84 Å². The first-order valence-corrected chi connectivity index (χ1v) is 13.4. The fourth-order valence-electron chi connectivity index (χ4n) is 4.61. The van der Waals surface area contributed by atoms with Gasteiger partial charge in [-0.2, -0.15) is 0 Å². The number of hydrogen-bond acceptors (Lipinski definition) is 3. The summed E-state index contributed by atoms with van der Waals surface area (Å²) >= 11 is 3.61. The van der Waals surface area contributed by atoms with Crippen LogP contribution in [0.5, 0.6) is 11.6 Å². The van der Waals surface area contributed by atoms with Crippen LogP contribution in [0.4, 0.5) is 0 Å². The van der Waals surface area contributed by atoms with Gasteiger partial charge in [-0.3, -0.25) is 0 Å². The Balaban J connectivity index is 1.80. The Morgan fingerprint density at radius 2 is 1.34 bits per heavy atom. The number of ether oxygens (including phenoxy) is 1. The van der Waals surface area contributed by atoms with Crippen molar-refractivity contribution in [2.45, 2.75) is 31.8 Å². The van der Waals surface area contributed by atoms with E-state index in [1.165, 1.54) is 0 Å². The van der Waals surface area contributed by atoms with Crippen molar-refractivity contribution in [3.05, 3.63) is 148 Å². The number of pyridine rings is 1. The van der Waals surface area contributed by atoms with E-state index in [-0.39, 0.29) is 5.41 Å². The molecule has 0 saturated carbocycles. The molecule has 1 heterocycles. The number of halogens is 1. The molecule has 4 heteroatoms. The molecule has 1 unspecified atom stereocenters. The number of aromatic nitrogens is 1. The maximum Gasteiger partial charge on any atom is 0.219 e. The van der Waals surface area contributed by atoms with Crippen molar-refractivity contribution in [3.8, 4) is 22.8 Å². The van der Waals surface area contributed by atoms with E-state index in [0.717, 1.165) is 26.7 Å². The third-order valence-corrected chi connectivity index (χ3v) is 7.14. The standard InChI is InChI=1S/C34H30BrNO2/c1-33(2,3)26-22-31(36-32(23-26)38-28-17-8-5-9-18-28)34(37,25-15-12-16-27(35)21-25)30-20-11-10-19-29(30)24-13-6-4-7-14-24/h4-23,37H,1-3H3. The molecule has 0 aliphatic rings. The predicted octanol–water partition coefficient (Wildman–Crippen LogP) is 8.89. The summed E-state index contributed by atoms with van der Waals surface area (Å²) in [6, 6.07) is 39.4. The second-order valence-electron chi connectivity index (χ2n) is 10.4. The van der Waals surface area contributed by atoms with E-state index >= 15 is 0 Å². The quantitative estimate of drug-likeness (QED) is 0.224. The number of nitrogens with zero attached hydrogens (tertiary/aromatic N) is 1. The lowest BCUT2D eigenvalue weighted by Gasteiger charge is -2.33. The van der Waals surface area contributed by atoms with E-state index in [0.29, 0.717) is 22.9 Å². The monoisotopic (exact) mass is 563 g/mol. The molecule has 190 valence electrons. The van der Waals surface area contributed by atoms with Crippen LogP contribution < -0.4 is 4.74 Å². The lowest BCUT2D eigenvalue weighted by Crippen LogP contribution is -2.31. The van der Waals surface area contributed by atoms with Crippen molar-refractivity contribution in [2.24, 2.45) is 0 Å². The lowest BCUT2D eigenvalue weighted by atomic mass is 9.77. The molecule has 0 fully saturated rings. The van der Waals surface area contributed by atoms with E-state index in [2.05, 4.69) is 48.8 Å². The summed E-state index contributed by atoms with van der Waals surface area (Å²) in [6.45, 7) is 6.44. The summed E-state index contributed by atoms with van der Waals surface area (Å²) in [5.41, 5.74) is 3.15. The van der Waals surface area contributed by atoms with Crippen molar-refractivity contribution in [2.75, 3.05) is 0 Å². The van der Waals surface area contributed by atoms with Crippen LogP contribution in [-0.4, -0.2) is 10.1 Å². The molecule has 3 nitrogen and oxygen atoms in total. The average Bonchev–Trinajstić information content (AvgIpc) is 2.93. The molecule has 0 saturated heterocycles. The fraction of sp³-hybridized carbons (Fsp3) is 0.147. The van der Waals surface area contributed by atoms with Crippen LogP contribution in [0.3, 0.4) is 0 Å². The first-order valence-electron chi connectivity index (χ1n) is 12.6. The highest BCUT2D eigenvalue weighted by Crippen LogP contribution is 2.43. The van der Waals surface area contributed by atoms with Gasteiger partial charge >= 0.3 is 0 Å². The Kier molecular flexibility index (Phi) is 7.20. The molecule has 1 N–H and O–H groups in total. The molecule has 0 aliphatic carbocycles. The molecular weight excluding hydrogens is 534 g/mol. The molecule has 5 aromatic rings. The lowest BCUT2D eigenvalue weighted by molar-refractivity contribution is 0.120. The van der Waals surface area contributed by atoms with Crippen molar-refractivity contribution >= 4 is 15.9 Å². The van der Waals surface area contributed by atoms with Crippen LogP contribution >= 0.6 is 15.9 Å². The average molecular weight is 565 g/mol. The second kappa shape index (κ2) is 10.6. The summed E-state index contributed by atoms with van der Waals surface area (Å²) in [6.07, 6.45) is 0. The van der Waals surface area contributed by atoms with E-state index in [4.69, 9.17) is 9.72 Å². The number of benzene rings is 4. The molecule has 0 amide bonds. The molecular formula is C34H30BrNO2. The van der Waals surface area contributed by atoms with Crippen molar-refractivity contribution in [3.63, 3.8) is 0 Å². The van der Waals surface area contributed by atoms with Gasteiger partial charge in [-0.1, -0.05) is 122 Å². The minimum Gasteiger partial charge on any atom is -0.439 e. The second-order valence-corrected chi connectivity index (χ2v) is 11.3. The van der Waals surface area contributed by atoms with Gasteiger partial charge in [0.25, 0.3) is 0 Å². The topological polar surface area (TPSA) is 42.4 Å². The number of rotatable bonds is 6. The predicted molar refractivity (Wildman–Crippen MR) is 158 cm³/mol. The van der Waals surface area contributed by atoms with E-state index in [1.54, 1.807) is 0 Å². The van der Waals surface area contributed by atoms with Gasteiger partial charge in [0.15, 0.2) is 5.60 Å². The zero-order chi connectivity index (χ0) is 26.8. The largest absolute Gasteiger partial charge is 0.439 e. The van der Waals surface area contributed by atoms with Gasteiger partial charge in [-0.05, 0) is 58.0 Å². The molecule has 38 heavy (non-hydrogen) atoms. The highest BCUT2D eigenvalue weighted by atomic mass is 79.9. The maximum atomic E-state index is 12.9. The Hall–Kier alpha value is -3.73. The highest BCUT2D eigenvalue weighted by Gasteiger charge is 2.39. The summed E-state index contributed by atoms with van der Waals surface area (Å²) in [5.74, 6) is 1.12. The van der Waals surface area contributed by atoms with Gasteiger partial charge in [-0.25, -0.2) is 4.98 Å². The molecule has 1 aromatic heterocycles. The van der Waals surface area contributed by atoms with Gasteiger partial charge in [0.05, 0.1) is 5.69 Å². The zero-order valence-electron chi connectivity index (χ0n) is 21.7. The third-order valence-electron chi connectivity index (χ3n) is 6.65. The van der Waals surface area contributed by atoms with Crippen molar-refractivity contribution in [1.82, 2.24) is 4.98 Å². The summed E-state index contributed by atoms with van der Waals surface area (Å²) in [5, 5.41) is 12.9.